The Morgan fingerprint density at radius 1 is 1.70 bits per heavy atom. The third-order valence-corrected chi connectivity index (χ3v) is 2.06. The Bertz CT molecular complexity index is 92.9. The summed E-state index contributed by atoms with van der Waals surface area (Å²) >= 11 is 0. The van der Waals surface area contributed by atoms with Crippen molar-refractivity contribution in [1.29, 1.82) is 0 Å². The van der Waals surface area contributed by atoms with Crippen molar-refractivity contribution in [3.8, 4) is 0 Å². The molecule has 0 saturated carbocycles. The van der Waals surface area contributed by atoms with Crippen LogP contribution in [0.25, 0.3) is 0 Å². The lowest BCUT2D eigenvalue weighted by Gasteiger charge is -2.33. The van der Waals surface area contributed by atoms with Crippen molar-refractivity contribution in [2.45, 2.75) is 13.0 Å². The Morgan fingerprint density at radius 3 is 3.10 bits per heavy atom. The van der Waals surface area contributed by atoms with Crippen molar-refractivity contribution < 1.29 is 0 Å². The van der Waals surface area contributed by atoms with Gasteiger partial charge in [-0.3, -0.25) is 4.90 Å². The van der Waals surface area contributed by atoms with Gasteiger partial charge in [0.2, 0.25) is 0 Å². The van der Waals surface area contributed by atoms with E-state index in [0.29, 0.717) is 6.04 Å². The van der Waals surface area contributed by atoms with E-state index < -0.39 is 0 Å². The average molecular weight is 143 g/mol. The highest BCUT2D eigenvalue weighted by Crippen LogP contribution is 1.99. The topological polar surface area (TPSA) is 41.3 Å². The molecule has 3 N–H and O–H groups in total. The summed E-state index contributed by atoms with van der Waals surface area (Å²) in [6.45, 7) is 7.44. The summed E-state index contributed by atoms with van der Waals surface area (Å²) in [5.74, 6) is 0. The molecule has 10 heavy (non-hydrogen) atoms. The molecule has 60 valence electrons. The third-order valence-electron chi connectivity index (χ3n) is 2.06. The lowest BCUT2D eigenvalue weighted by atomic mass is 10.2. The van der Waals surface area contributed by atoms with Crippen LogP contribution >= 0.6 is 0 Å². The second-order valence-electron chi connectivity index (χ2n) is 2.88. The molecule has 1 rings (SSSR count). The molecule has 0 amide bonds. The van der Waals surface area contributed by atoms with Crippen LogP contribution in [0.4, 0.5) is 0 Å². The van der Waals surface area contributed by atoms with Crippen LogP contribution in [0.5, 0.6) is 0 Å². The van der Waals surface area contributed by atoms with Crippen LogP contribution in [0.2, 0.25) is 0 Å². The SMILES string of the molecule is CC1CNCCN1CCN. The van der Waals surface area contributed by atoms with Gasteiger partial charge in [-0.15, -0.1) is 0 Å². The molecular formula is C7H17N3. The van der Waals surface area contributed by atoms with Crippen molar-refractivity contribution in [2.24, 2.45) is 5.73 Å². The van der Waals surface area contributed by atoms with Gasteiger partial charge in [0.1, 0.15) is 0 Å². The maximum Gasteiger partial charge on any atom is 0.0193 e. The maximum absolute atomic E-state index is 5.46. The molecule has 1 fully saturated rings. The van der Waals surface area contributed by atoms with Crippen LogP contribution in [0, 0.1) is 0 Å². The van der Waals surface area contributed by atoms with Gasteiger partial charge in [-0.2, -0.15) is 0 Å². The summed E-state index contributed by atoms with van der Waals surface area (Å²) in [7, 11) is 0. The summed E-state index contributed by atoms with van der Waals surface area (Å²) in [6.07, 6.45) is 0. The molecule has 1 aliphatic heterocycles. The van der Waals surface area contributed by atoms with E-state index in [1.807, 2.05) is 0 Å². The molecule has 1 unspecified atom stereocenters. The number of nitrogens with zero attached hydrogens (tertiary/aromatic N) is 1. The van der Waals surface area contributed by atoms with Crippen LogP contribution in [0.3, 0.4) is 0 Å². The van der Waals surface area contributed by atoms with Gasteiger partial charge in [0.05, 0.1) is 0 Å². The largest absolute Gasteiger partial charge is 0.329 e. The highest BCUT2D eigenvalue weighted by atomic mass is 15.2. The summed E-state index contributed by atoms with van der Waals surface area (Å²) in [6, 6.07) is 0.664. The summed E-state index contributed by atoms with van der Waals surface area (Å²) in [5, 5.41) is 3.34. The monoisotopic (exact) mass is 143 g/mol. The fraction of sp³-hybridized carbons (Fsp3) is 1.00. The molecule has 3 heteroatoms. The molecule has 0 bridgehead atoms. The van der Waals surface area contributed by atoms with Gasteiger partial charge in [0.25, 0.3) is 0 Å². The first-order chi connectivity index (χ1) is 4.84. The lowest BCUT2D eigenvalue weighted by Crippen LogP contribution is -2.51. The standard InChI is InChI=1S/C7H17N3/c1-7-6-9-3-5-10(7)4-2-8/h7,9H,2-6,8H2,1H3. The molecule has 1 saturated heterocycles. The molecule has 0 spiro atoms. The molecule has 3 nitrogen and oxygen atoms in total. The highest BCUT2D eigenvalue weighted by molar-refractivity contribution is 4.75. The van der Waals surface area contributed by atoms with E-state index in [1.54, 1.807) is 0 Å². The maximum atomic E-state index is 5.46. The summed E-state index contributed by atoms with van der Waals surface area (Å²) in [4.78, 5) is 2.43. The zero-order chi connectivity index (χ0) is 7.40. The van der Waals surface area contributed by atoms with E-state index in [0.717, 1.165) is 32.7 Å². The van der Waals surface area contributed by atoms with Gasteiger partial charge in [0.15, 0.2) is 0 Å². The van der Waals surface area contributed by atoms with Gasteiger partial charge in [-0.25, -0.2) is 0 Å². The zero-order valence-electron chi connectivity index (χ0n) is 6.64. The average Bonchev–Trinajstić information content (AvgIpc) is 1.94. The molecule has 0 aromatic heterocycles. The molecule has 0 aliphatic carbocycles. The highest BCUT2D eigenvalue weighted by Gasteiger charge is 2.15. The first kappa shape index (κ1) is 7.98. The van der Waals surface area contributed by atoms with Crippen LogP contribution in [-0.2, 0) is 0 Å². The second-order valence-corrected chi connectivity index (χ2v) is 2.88. The first-order valence-electron chi connectivity index (χ1n) is 3.99. The number of nitrogens with two attached hydrogens (primary N) is 1. The van der Waals surface area contributed by atoms with Crippen LogP contribution in [-0.4, -0.2) is 43.7 Å². The molecule has 0 aromatic carbocycles. The lowest BCUT2D eigenvalue weighted by molar-refractivity contribution is 0.179. The van der Waals surface area contributed by atoms with Gasteiger partial charge in [-0.05, 0) is 6.92 Å². The van der Waals surface area contributed by atoms with Crippen molar-refractivity contribution in [2.75, 3.05) is 32.7 Å². The van der Waals surface area contributed by atoms with Crippen molar-refractivity contribution in [3.05, 3.63) is 0 Å². The quantitative estimate of drug-likeness (QED) is 0.534. The van der Waals surface area contributed by atoms with E-state index in [1.165, 1.54) is 0 Å². The van der Waals surface area contributed by atoms with E-state index in [-0.39, 0.29) is 0 Å². The molecule has 1 aliphatic rings. The number of hydrogen-bond acceptors (Lipinski definition) is 3. The Labute approximate surface area is 62.6 Å². The van der Waals surface area contributed by atoms with Crippen LogP contribution in [0.15, 0.2) is 0 Å². The van der Waals surface area contributed by atoms with Gasteiger partial charge >= 0.3 is 0 Å². The van der Waals surface area contributed by atoms with E-state index in [9.17, 15) is 0 Å². The molecule has 1 heterocycles. The Kier molecular flexibility index (Phi) is 3.12. The van der Waals surface area contributed by atoms with E-state index >= 15 is 0 Å². The first-order valence-corrected chi connectivity index (χ1v) is 3.99. The third kappa shape index (κ3) is 1.94. The van der Waals surface area contributed by atoms with Gasteiger partial charge < -0.3 is 11.1 Å². The number of nitrogens with one attached hydrogen (secondary N) is 1. The molecular weight excluding hydrogens is 126 g/mol. The predicted octanol–water partition coefficient (Wildman–Crippen LogP) is -0.761. The van der Waals surface area contributed by atoms with Crippen LogP contribution < -0.4 is 11.1 Å². The Morgan fingerprint density at radius 2 is 2.50 bits per heavy atom. The zero-order valence-corrected chi connectivity index (χ0v) is 6.64. The van der Waals surface area contributed by atoms with Gasteiger partial charge in [-0.1, -0.05) is 0 Å². The molecule has 1 atom stereocenters. The van der Waals surface area contributed by atoms with Crippen molar-refractivity contribution >= 4 is 0 Å². The molecule has 0 radical (unpaired) electrons. The van der Waals surface area contributed by atoms with E-state index in [4.69, 9.17) is 5.73 Å². The Hall–Kier alpha value is -0.120. The smallest absolute Gasteiger partial charge is 0.0193 e. The normalized spacial score (nSPS) is 28.8. The second kappa shape index (κ2) is 3.91. The molecule has 0 aromatic rings. The van der Waals surface area contributed by atoms with Gasteiger partial charge in [0, 0.05) is 38.8 Å². The fourth-order valence-electron chi connectivity index (χ4n) is 1.38. The number of piperazine rings is 1. The van der Waals surface area contributed by atoms with Crippen molar-refractivity contribution in [3.63, 3.8) is 0 Å². The predicted molar refractivity (Wildman–Crippen MR) is 43.0 cm³/mol. The minimum absolute atomic E-state index is 0.664. The van der Waals surface area contributed by atoms with E-state index in [2.05, 4.69) is 17.1 Å². The number of hydrogen-bond donors (Lipinski definition) is 2. The summed E-state index contributed by atoms with van der Waals surface area (Å²) < 4.78 is 0. The Balaban J connectivity index is 2.25. The minimum atomic E-state index is 0.664. The fourth-order valence-corrected chi connectivity index (χ4v) is 1.38. The van der Waals surface area contributed by atoms with Crippen LogP contribution in [0.1, 0.15) is 6.92 Å². The summed E-state index contributed by atoms with van der Waals surface area (Å²) in [5.41, 5.74) is 5.46. The minimum Gasteiger partial charge on any atom is -0.329 e. The van der Waals surface area contributed by atoms with Crippen molar-refractivity contribution in [1.82, 2.24) is 10.2 Å². The number of rotatable bonds is 2.